The molecule has 0 radical (unpaired) electrons. The molecule has 0 aliphatic carbocycles. The molecular formula is C33H32ClN3O3S. The summed E-state index contributed by atoms with van der Waals surface area (Å²) >= 11 is 6.09. The number of benzene rings is 4. The molecule has 210 valence electrons. The highest BCUT2D eigenvalue weighted by Crippen LogP contribution is 2.35. The first-order valence-electron chi connectivity index (χ1n) is 13.4. The summed E-state index contributed by atoms with van der Waals surface area (Å²) < 4.78 is 29.2. The van der Waals surface area contributed by atoms with Crippen LogP contribution >= 0.6 is 11.6 Å². The molecule has 41 heavy (non-hydrogen) atoms. The molecule has 0 saturated heterocycles. The number of H-pyrrole nitrogens is 1. The number of anilines is 1. The molecule has 0 unspecified atom stereocenters. The number of nitrogens with one attached hydrogen (secondary N) is 3. The van der Waals surface area contributed by atoms with Gasteiger partial charge in [-0.15, -0.1) is 0 Å². The van der Waals surface area contributed by atoms with Crippen molar-refractivity contribution in [1.82, 2.24) is 10.3 Å². The smallest absolute Gasteiger partial charge is 0.268 e. The van der Waals surface area contributed by atoms with Gasteiger partial charge in [-0.3, -0.25) is 9.52 Å². The molecule has 0 bridgehead atoms. The van der Waals surface area contributed by atoms with Gasteiger partial charge >= 0.3 is 0 Å². The van der Waals surface area contributed by atoms with Crippen molar-refractivity contribution in [3.63, 3.8) is 0 Å². The number of carbonyl (C=O) groups excluding carboxylic acids is 1. The lowest BCUT2D eigenvalue weighted by Gasteiger charge is -2.19. The van der Waals surface area contributed by atoms with E-state index >= 15 is 0 Å². The second-order valence-corrected chi connectivity index (χ2v) is 13.1. The van der Waals surface area contributed by atoms with Crippen LogP contribution in [0.2, 0.25) is 5.02 Å². The minimum Gasteiger partial charge on any atom is -0.350 e. The first-order valence-corrected chi connectivity index (χ1v) is 15.2. The van der Waals surface area contributed by atoms with E-state index in [4.69, 9.17) is 11.6 Å². The first kappa shape index (κ1) is 28.5. The Labute approximate surface area is 245 Å². The Balaban J connectivity index is 1.44. The fourth-order valence-electron chi connectivity index (χ4n) is 4.78. The molecule has 0 atom stereocenters. The molecule has 4 aromatic carbocycles. The Bertz CT molecular complexity index is 1810. The van der Waals surface area contributed by atoms with E-state index in [0.717, 1.165) is 27.6 Å². The molecular weight excluding hydrogens is 554 g/mol. The molecule has 1 heterocycles. The third-order valence-corrected chi connectivity index (χ3v) is 8.59. The average Bonchev–Trinajstić information content (AvgIpc) is 3.32. The Morgan fingerprint density at radius 2 is 1.61 bits per heavy atom. The van der Waals surface area contributed by atoms with Crippen LogP contribution in [0.4, 0.5) is 5.69 Å². The second kappa shape index (κ2) is 11.4. The van der Waals surface area contributed by atoms with Gasteiger partial charge in [-0.05, 0) is 71.0 Å². The van der Waals surface area contributed by atoms with Crippen LogP contribution in [-0.4, -0.2) is 25.9 Å². The standard InChI is InChI=1S/C33H32ClN3O3S/c1-33(2,3)24-12-15-27(16-13-24)41(39,40)37-26-14-17-29-28(21-26)30(23-9-5-4-6-10-23)31(36-29)32(38)35-19-18-22-8-7-11-25(34)20-22/h4-17,20-21,36-37H,18-19H2,1-3H3,(H,35,38). The maximum absolute atomic E-state index is 13.4. The summed E-state index contributed by atoms with van der Waals surface area (Å²) in [6.45, 7) is 6.68. The van der Waals surface area contributed by atoms with E-state index in [2.05, 4.69) is 35.8 Å². The molecule has 5 aromatic rings. The van der Waals surface area contributed by atoms with Gasteiger partial charge in [0.15, 0.2) is 0 Å². The predicted octanol–water partition coefficient (Wildman–Crippen LogP) is 7.56. The third-order valence-electron chi connectivity index (χ3n) is 6.96. The summed E-state index contributed by atoms with van der Waals surface area (Å²) in [6.07, 6.45) is 0.635. The van der Waals surface area contributed by atoms with Crippen LogP contribution in [0.3, 0.4) is 0 Å². The van der Waals surface area contributed by atoms with Gasteiger partial charge in [0.1, 0.15) is 5.69 Å². The largest absolute Gasteiger partial charge is 0.350 e. The number of amides is 1. The number of hydrogen-bond donors (Lipinski definition) is 3. The number of carbonyl (C=O) groups is 1. The van der Waals surface area contributed by atoms with Crippen LogP contribution in [-0.2, 0) is 21.9 Å². The molecule has 0 saturated carbocycles. The number of aromatic nitrogens is 1. The fraction of sp³-hybridized carbons (Fsp3) is 0.182. The molecule has 0 spiro atoms. The summed E-state index contributed by atoms with van der Waals surface area (Å²) in [5.74, 6) is -0.247. The summed E-state index contributed by atoms with van der Waals surface area (Å²) in [4.78, 5) is 16.8. The number of fused-ring (bicyclic) bond motifs is 1. The molecule has 3 N–H and O–H groups in total. The maximum atomic E-state index is 13.4. The monoisotopic (exact) mass is 585 g/mol. The Morgan fingerprint density at radius 3 is 2.29 bits per heavy atom. The normalized spacial score (nSPS) is 11.9. The van der Waals surface area contributed by atoms with Gasteiger partial charge in [0.2, 0.25) is 0 Å². The van der Waals surface area contributed by atoms with Crippen LogP contribution in [0, 0.1) is 0 Å². The topological polar surface area (TPSA) is 91.1 Å². The lowest BCUT2D eigenvalue weighted by Crippen LogP contribution is -2.26. The van der Waals surface area contributed by atoms with Gasteiger partial charge in [0.05, 0.1) is 4.90 Å². The fourth-order valence-corrected chi connectivity index (χ4v) is 6.04. The summed E-state index contributed by atoms with van der Waals surface area (Å²) in [5.41, 5.74) is 5.09. The number of sulfonamides is 1. The first-order chi connectivity index (χ1) is 19.5. The predicted molar refractivity (Wildman–Crippen MR) is 167 cm³/mol. The third kappa shape index (κ3) is 6.47. The number of rotatable bonds is 8. The SMILES string of the molecule is CC(C)(C)c1ccc(S(=O)(=O)Nc2ccc3[nH]c(C(=O)NCCc4cccc(Cl)c4)c(-c4ccccc4)c3c2)cc1. The van der Waals surface area contributed by atoms with E-state index in [-0.39, 0.29) is 16.2 Å². The van der Waals surface area contributed by atoms with Gasteiger partial charge in [-0.2, -0.15) is 0 Å². The van der Waals surface area contributed by atoms with E-state index in [1.807, 2.05) is 66.7 Å². The van der Waals surface area contributed by atoms with E-state index in [9.17, 15) is 13.2 Å². The molecule has 0 aliphatic rings. The van der Waals surface area contributed by atoms with Crippen molar-refractivity contribution in [3.05, 3.63) is 119 Å². The summed E-state index contributed by atoms with van der Waals surface area (Å²) in [7, 11) is -3.82. The van der Waals surface area contributed by atoms with Gasteiger partial charge in [0, 0.05) is 33.7 Å². The van der Waals surface area contributed by atoms with Crippen LogP contribution in [0.25, 0.3) is 22.0 Å². The highest BCUT2D eigenvalue weighted by molar-refractivity contribution is 7.92. The zero-order chi connectivity index (χ0) is 29.2. The van der Waals surface area contributed by atoms with Crippen molar-refractivity contribution in [1.29, 1.82) is 0 Å². The molecule has 5 rings (SSSR count). The van der Waals surface area contributed by atoms with Crippen molar-refractivity contribution in [3.8, 4) is 11.1 Å². The van der Waals surface area contributed by atoms with Gasteiger partial charge < -0.3 is 10.3 Å². The van der Waals surface area contributed by atoms with Crippen LogP contribution in [0.5, 0.6) is 0 Å². The van der Waals surface area contributed by atoms with E-state index in [1.54, 1.807) is 30.3 Å². The van der Waals surface area contributed by atoms with Gasteiger partial charge in [0.25, 0.3) is 15.9 Å². The van der Waals surface area contributed by atoms with Crippen molar-refractivity contribution >= 4 is 44.1 Å². The van der Waals surface area contributed by atoms with Crippen LogP contribution in [0.1, 0.15) is 42.4 Å². The quantitative estimate of drug-likeness (QED) is 0.175. The Hall–Kier alpha value is -4.07. The van der Waals surface area contributed by atoms with Gasteiger partial charge in [-0.1, -0.05) is 87.0 Å². The average molecular weight is 586 g/mol. The van der Waals surface area contributed by atoms with E-state index < -0.39 is 10.0 Å². The molecule has 8 heteroatoms. The Morgan fingerprint density at radius 1 is 0.878 bits per heavy atom. The maximum Gasteiger partial charge on any atom is 0.268 e. The highest BCUT2D eigenvalue weighted by Gasteiger charge is 2.21. The molecule has 1 aromatic heterocycles. The zero-order valence-corrected chi connectivity index (χ0v) is 24.7. The number of hydrogen-bond acceptors (Lipinski definition) is 3. The molecule has 0 fully saturated rings. The minimum absolute atomic E-state index is 0.0812. The molecule has 1 amide bonds. The highest BCUT2D eigenvalue weighted by atomic mass is 35.5. The van der Waals surface area contributed by atoms with Crippen molar-refractivity contribution < 1.29 is 13.2 Å². The van der Waals surface area contributed by atoms with E-state index in [1.165, 1.54) is 0 Å². The van der Waals surface area contributed by atoms with Crippen molar-refractivity contribution in [2.24, 2.45) is 0 Å². The number of aromatic amines is 1. The summed E-state index contributed by atoms with van der Waals surface area (Å²) in [6, 6.07) is 29.3. The van der Waals surface area contributed by atoms with E-state index in [0.29, 0.717) is 34.9 Å². The lowest BCUT2D eigenvalue weighted by molar-refractivity contribution is 0.0950. The van der Waals surface area contributed by atoms with Gasteiger partial charge in [-0.25, -0.2) is 8.42 Å². The lowest BCUT2D eigenvalue weighted by atomic mass is 9.87. The zero-order valence-electron chi connectivity index (χ0n) is 23.2. The van der Waals surface area contributed by atoms with Crippen LogP contribution < -0.4 is 10.0 Å². The van der Waals surface area contributed by atoms with Crippen molar-refractivity contribution in [2.75, 3.05) is 11.3 Å². The van der Waals surface area contributed by atoms with Crippen LogP contribution in [0.15, 0.2) is 102 Å². The second-order valence-electron chi connectivity index (χ2n) is 11.0. The molecule has 6 nitrogen and oxygen atoms in total. The molecule has 0 aliphatic heterocycles. The summed E-state index contributed by atoms with van der Waals surface area (Å²) in [5, 5.41) is 4.39. The number of halogens is 1. The van der Waals surface area contributed by atoms with Crippen molar-refractivity contribution in [2.45, 2.75) is 37.5 Å². The minimum atomic E-state index is -3.82. The Kier molecular flexibility index (Phi) is 7.93.